The maximum absolute atomic E-state index is 9.28. The number of halogens is 2. The van der Waals surface area contributed by atoms with Crippen LogP contribution in [0.2, 0.25) is 10.0 Å². The van der Waals surface area contributed by atoms with Gasteiger partial charge in [-0.25, -0.2) is 0 Å². The Bertz CT molecular complexity index is 351. The SMILES string of the molecule is NCC1(c2c(Cl)cc(O)cc2Cl)CC1. The van der Waals surface area contributed by atoms with Crippen LogP contribution in [0.5, 0.6) is 5.75 Å². The summed E-state index contributed by atoms with van der Waals surface area (Å²) in [6.07, 6.45) is 2.04. The number of benzene rings is 1. The predicted molar refractivity (Wildman–Crippen MR) is 58.1 cm³/mol. The molecule has 4 heteroatoms. The van der Waals surface area contributed by atoms with Gasteiger partial charge < -0.3 is 10.8 Å². The van der Waals surface area contributed by atoms with E-state index in [2.05, 4.69) is 0 Å². The average molecular weight is 232 g/mol. The Hall–Kier alpha value is -0.440. The van der Waals surface area contributed by atoms with Gasteiger partial charge in [0.05, 0.1) is 0 Å². The lowest BCUT2D eigenvalue weighted by atomic mass is 9.96. The molecule has 1 aliphatic carbocycles. The zero-order chi connectivity index (χ0) is 10.3. The van der Waals surface area contributed by atoms with Crippen molar-refractivity contribution in [1.29, 1.82) is 0 Å². The topological polar surface area (TPSA) is 46.2 Å². The molecule has 0 spiro atoms. The molecule has 0 unspecified atom stereocenters. The van der Waals surface area contributed by atoms with Crippen LogP contribution in [0.1, 0.15) is 18.4 Å². The normalized spacial score (nSPS) is 18.2. The second-order valence-electron chi connectivity index (χ2n) is 3.77. The van der Waals surface area contributed by atoms with E-state index >= 15 is 0 Å². The number of aromatic hydroxyl groups is 1. The summed E-state index contributed by atoms with van der Waals surface area (Å²) in [5.74, 6) is 0.0940. The Labute approximate surface area is 92.6 Å². The summed E-state index contributed by atoms with van der Waals surface area (Å²) in [4.78, 5) is 0. The number of phenolic OH excluding ortho intramolecular Hbond substituents is 1. The predicted octanol–water partition coefficient (Wildman–Crippen LogP) is 2.69. The van der Waals surface area contributed by atoms with Gasteiger partial charge >= 0.3 is 0 Å². The van der Waals surface area contributed by atoms with Crippen molar-refractivity contribution < 1.29 is 5.11 Å². The minimum absolute atomic E-state index is 0.0398. The Kier molecular flexibility index (Phi) is 2.38. The van der Waals surface area contributed by atoms with Crippen LogP contribution in [0.4, 0.5) is 0 Å². The van der Waals surface area contributed by atoms with Crippen LogP contribution in [-0.2, 0) is 5.41 Å². The fourth-order valence-electron chi connectivity index (χ4n) is 1.77. The van der Waals surface area contributed by atoms with Gasteiger partial charge in [0, 0.05) is 22.0 Å². The van der Waals surface area contributed by atoms with E-state index in [9.17, 15) is 5.11 Å². The molecule has 1 aromatic rings. The van der Waals surface area contributed by atoms with Crippen LogP contribution in [0, 0.1) is 0 Å². The molecule has 3 N–H and O–H groups in total. The van der Waals surface area contributed by atoms with E-state index in [4.69, 9.17) is 28.9 Å². The molecule has 1 aromatic carbocycles. The zero-order valence-corrected chi connectivity index (χ0v) is 9.07. The van der Waals surface area contributed by atoms with Crippen LogP contribution in [-0.4, -0.2) is 11.7 Å². The Balaban J connectivity index is 2.53. The molecule has 1 saturated carbocycles. The molecule has 0 heterocycles. The Morgan fingerprint density at radius 3 is 2.14 bits per heavy atom. The molecule has 2 nitrogen and oxygen atoms in total. The van der Waals surface area contributed by atoms with Gasteiger partial charge in [0.15, 0.2) is 0 Å². The van der Waals surface area contributed by atoms with E-state index in [0.29, 0.717) is 16.6 Å². The summed E-state index contributed by atoms with van der Waals surface area (Å²) >= 11 is 12.1. The highest BCUT2D eigenvalue weighted by molar-refractivity contribution is 6.36. The van der Waals surface area contributed by atoms with E-state index in [1.807, 2.05) is 0 Å². The second-order valence-corrected chi connectivity index (χ2v) is 4.58. The van der Waals surface area contributed by atoms with E-state index in [0.717, 1.165) is 18.4 Å². The summed E-state index contributed by atoms with van der Waals surface area (Å²) in [5, 5.41) is 10.3. The molecular weight excluding hydrogens is 221 g/mol. The van der Waals surface area contributed by atoms with Crippen molar-refractivity contribution in [2.75, 3.05) is 6.54 Å². The van der Waals surface area contributed by atoms with E-state index in [1.54, 1.807) is 0 Å². The van der Waals surface area contributed by atoms with Crippen LogP contribution < -0.4 is 5.73 Å². The number of nitrogens with two attached hydrogens (primary N) is 1. The molecule has 1 fully saturated rings. The molecule has 0 bridgehead atoms. The summed E-state index contributed by atoms with van der Waals surface area (Å²) in [6.45, 7) is 0.553. The van der Waals surface area contributed by atoms with Crippen molar-refractivity contribution >= 4 is 23.2 Å². The minimum atomic E-state index is -0.0398. The van der Waals surface area contributed by atoms with Crippen LogP contribution >= 0.6 is 23.2 Å². The molecule has 0 aromatic heterocycles. The summed E-state index contributed by atoms with van der Waals surface area (Å²) in [6, 6.07) is 3.02. The van der Waals surface area contributed by atoms with Crippen molar-refractivity contribution in [3.63, 3.8) is 0 Å². The van der Waals surface area contributed by atoms with E-state index in [1.165, 1.54) is 12.1 Å². The second kappa shape index (κ2) is 3.30. The number of hydrogen-bond donors (Lipinski definition) is 2. The largest absolute Gasteiger partial charge is 0.508 e. The van der Waals surface area contributed by atoms with Gasteiger partial charge in [-0.15, -0.1) is 0 Å². The number of rotatable bonds is 2. The highest BCUT2D eigenvalue weighted by Gasteiger charge is 2.45. The van der Waals surface area contributed by atoms with Crippen LogP contribution in [0.3, 0.4) is 0 Å². The number of hydrogen-bond acceptors (Lipinski definition) is 2. The van der Waals surface area contributed by atoms with Crippen molar-refractivity contribution in [2.24, 2.45) is 5.73 Å². The third-order valence-electron chi connectivity index (χ3n) is 2.80. The maximum Gasteiger partial charge on any atom is 0.118 e. The van der Waals surface area contributed by atoms with Gasteiger partial charge in [-0.3, -0.25) is 0 Å². The fourth-order valence-corrected chi connectivity index (χ4v) is 2.65. The van der Waals surface area contributed by atoms with Crippen LogP contribution in [0.15, 0.2) is 12.1 Å². The highest BCUT2D eigenvalue weighted by Crippen LogP contribution is 2.52. The van der Waals surface area contributed by atoms with E-state index in [-0.39, 0.29) is 11.2 Å². The van der Waals surface area contributed by atoms with E-state index < -0.39 is 0 Å². The van der Waals surface area contributed by atoms with Gasteiger partial charge in [0.25, 0.3) is 0 Å². The third kappa shape index (κ3) is 1.48. The maximum atomic E-state index is 9.28. The molecular formula is C10H11Cl2NO. The molecule has 14 heavy (non-hydrogen) atoms. The van der Waals surface area contributed by atoms with Gasteiger partial charge in [-0.05, 0) is 30.5 Å². The van der Waals surface area contributed by atoms with Crippen molar-refractivity contribution in [3.8, 4) is 5.75 Å². The smallest absolute Gasteiger partial charge is 0.118 e. The summed E-state index contributed by atoms with van der Waals surface area (Å²) < 4.78 is 0. The quantitative estimate of drug-likeness (QED) is 0.823. The third-order valence-corrected chi connectivity index (χ3v) is 3.40. The molecule has 76 valence electrons. The molecule has 2 rings (SSSR count). The molecule has 1 aliphatic rings. The Morgan fingerprint density at radius 1 is 1.29 bits per heavy atom. The zero-order valence-electron chi connectivity index (χ0n) is 7.56. The first-order valence-corrected chi connectivity index (χ1v) is 5.23. The first-order chi connectivity index (χ1) is 6.59. The Morgan fingerprint density at radius 2 is 1.79 bits per heavy atom. The lowest BCUT2D eigenvalue weighted by Gasteiger charge is -2.16. The first kappa shape index (κ1) is 10.1. The van der Waals surface area contributed by atoms with Gasteiger partial charge in [-0.1, -0.05) is 23.2 Å². The van der Waals surface area contributed by atoms with Gasteiger partial charge in [-0.2, -0.15) is 0 Å². The minimum Gasteiger partial charge on any atom is -0.508 e. The summed E-state index contributed by atoms with van der Waals surface area (Å²) in [5.41, 5.74) is 6.55. The highest BCUT2D eigenvalue weighted by atomic mass is 35.5. The first-order valence-electron chi connectivity index (χ1n) is 4.48. The van der Waals surface area contributed by atoms with Crippen molar-refractivity contribution in [3.05, 3.63) is 27.7 Å². The molecule has 0 aliphatic heterocycles. The van der Waals surface area contributed by atoms with Gasteiger partial charge in [0.2, 0.25) is 0 Å². The lowest BCUT2D eigenvalue weighted by molar-refractivity contribution is 0.475. The van der Waals surface area contributed by atoms with Gasteiger partial charge in [0.1, 0.15) is 5.75 Å². The van der Waals surface area contributed by atoms with Crippen molar-refractivity contribution in [2.45, 2.75) is 18.3 Å². The lowest BCUT2D eigenvalue weighted by Crippen LogP contribution is -2.20. The van der Waals surface area contributed by atoms with Crippen molar-refractivity contribution in [1.82, 2.24) is 0 Å². The molecule has 0 atom stereocenters. The monoisotopic (exact) mass is 231 g/mol. The number of phenols is 1. The standard InChI is InChI=1S/C10H11Cl2NO/c11-7-3-6(14)4-8(12)9(7)10(5-13)1-2-10/h3-4,14H,1-2,5,13H2. The van der Waals surface area contributed by atoms with Crippen LogP contribution in [0.25, 0.3) is 0 Å². The molecule has 0 saturated heterocycles. The molecule has 0 radical (unpaired) electrons. The average Bonchev–Trinajstić information content (AvgIpc) is 2.83. The summed E-state index contributed by atoms with van der Waals surface area (Å²) in [7, 11) is 0. The molecule has 0 amide bonds. The fraction of sp³-hybridized carbons (Fsp3) is 0.400.